The Bertz CT molecular complexity index is 153. The minimum atomic E-state index is -4.19. The Morgan fingerprint density at radius 3 is 2.25 bits per heavy atom. The molecule has 1 aliphatic rings. The fourth-order valence-corrected chi connectivity index (χ4v) is 1.60. The second-order valence-corrected chi connectivity index (χ2v) is 3.80. The lowest BCUT2D eigenvalue weighted by Gasteiger charge is -2.12. The van der Waals surface area contributed by atoms with E-state index in [9.17, 15) is 13.2 Å². The van der Waals surface area contributed by atoms with Crippen molar-refractivity contribution in [2.75, 3.05) is 18.5 Å². The van der Waals surface area contributed by atoms with E-state index in [1.54, 1.807) is 0 Å². The van der Waals surface area contributed by atoms with Gasteiger partial charge in [-0.05, 0) is 12.8 Å². The maximum absolute atomic E-state index is 11.6. The zero-order valence-corrected chi connectivity index (χ0v) is 8.04. The second kappa shape index (κ2) is 3.54. The topological polar surface area (TPSA) is 9.23 Å². The van der Waals surface area contributed by atoms with Crippen molar-refractivity contribution < 1.29 is 17.9 Å². The lowest BCUT2D eigenvalue weighted by Crippen LogP contribution is -2.21. The number of hydrogen-bond acceptors (Lipinski definition) is 1. The van der Waals surface area contributed by atoms with Gasteiger partial charge in [-0.15, -0.1) is 0 Å². The molecule has 0 radical (unpaired) electrons. The first-order valence-electron chi connectivity index (χ1n) is 3.68. The molecule has 1 saturated carbocycles. The van der Waals surface area contributed by atoms with E-state index in [0.717, 1.165) is 18.2 Å². The average Bonchev–Trinajstić information content (AvgIpc) is 2.67. The first-order valence-corrected chi connectivity index (χ1v) is 4.80. The number of ether oxygens (including phenoxy) is 1. The molecule has 0 unspecified atom stereocenters. The Hall–Kier alpha value is 0.230. The number of halogens is 4. The van der Waals surface area contributed by atoms with Gasteiger partial charge in [0.15, 0.2) is 0 Å². The van der Waals surface area contributed by atoms with Crippen molar-refractivity contribution in [2.45, 2.75) is 19.0 Å². The third-order valence-electron chi connectivity index (χ3n) is 1.91. The molecule has 1 fully saturated rings. The normalized spacial score (nSPS) is 21.0. The maximum Gasteiger partial charge on any atom is 0.411 e. The summed E-state index contributed by atoms with van der Waals surface area (Å²) in [6, 6.07) is 0. The van der Waals surface area contributed by atoms with E-state index < -0.39 is 12.8 Å². The van der Waals surface area contributed by atoms with E-state index in [1.807, 2.05) is 0 Å². The molecule has 0 aromatic heterocycles. The van der Waals surface area contributed by atoms with Crippen molar-refractivity contribution in [3.05, 3.63) is 0 Å². The van der Waals surface area contributed by atoms with Crippen LogP contribution in [-0.2, 0) is 4.74 Å². The summed E-state index contributed by atoms with van der Waals surface area (Å²) in [5.74, 6) is 0. The molecule has 0 atom stereocenters. The summed E-state index contributed by atoms with van der Waals surface area (Å²) in [5, 5.41) is 0.734. The van der Waals surface area contributed by atoms with Crippen molar-refractivity contribution in [2.24, 2.45) is 5.41 Å². The molecule has 0 saturated heterocycles. The van der Waals surface area contributed by atoms with Crippen LogP contribution in [0.25, 0.3) is 0 Å². The van der Waals surface area contributed by atoms with Gasteiger partial charge in [0.25, 0.3) is 0 Å². The summed E-state index contributed by atoms with van der Waals surface area (Å²) in [4.78, 5) is 0. The molecule has 1 aliphatic carbocycles. The summed E-state index contributed by atoms with van der Waals surface area (Å²) in [6.45, 7) is -0.903. The number of hydrogen-bond donors (Lipinski definition) is 0. The molecule has 0 N–H and O–H groups in total. The lowest BCUT2D eigenvalue weighted by atomic mass is 10.2. The minimum Gasteiger partial charge on any atom is -0.371 e. The van der Waals surface area contributed by atoms with Gasteiger partial charge in [0, 0.05) is 10.7 Å². The molecule has 0 aromatic carbocycles. The average molecular weight is 247 g/mol. The van der Waals surface area contributed by atoms with Crippen LogP contribution in [0, 0.1) is 5.41 Å². The summed E-state index contributed by atoms with van der Waals surface area (Å²) in [6.07, 6.45) is -2.26. The van der Waals surface area contributed by atoms with E-state index in [1.165, 1.54) is 0 Å². The van der Waals surface area contributed by atoms with E-state index in [4.69, 9.17) is 0 Å². The van der Waals surface area contributed by atoms with E-state index in [0.29, 0.717) is 0 Å². The molecule has 5 heteroatoms. The molecular weight excluding hydrogens is 237 g/mol. The van der Waals surface area contributed by atoms with Crippen LogP contribution in [-0.4, -0.2) is 24.7 Å². The third-order valence-corrected chi connectivity index (χ3v) is 3.10. The third kappa shape index (κ3) is 3.31. The van der Waals surface area contributed by atoms with Crippen LogP contribution in [0.2, 0.25) is 0 Å². The number of rotatable bonds is 4. The van der Waals surface area contributed by atoms with Crippen molar-refractivity contribution in [1.29, 1.82) is 0 Å². The highest BCUT2D eigenvalue weighted by molar-refractivity contribution is 9.09. The van der Waals surface area contributed by atoms with Gasteiger partial charge in [-0.25, -0.2) is 0 Å². The SMILES string of the molecule is FC(F)(F)COCC1(CBr)CC1. The predicted molar refractivity (Wildman–Crippen MR) is 42.3 cm³/mol. The van der Waals surface area contributed by atoms with Gasteiger partial charge in [0.05, 0.1) is 6.61 Å². The van der Waals surface area contributed by atoms with Gasteiger partial charge in [0.2, 0.25) is 0 Å². The van der Waals surface area contributed by atoms with Crippen LogP contribution in [0.4, 0.5) is 13.2 Å². The van der Waals surface area contributed by atoms with Crippen LogP contribution < -0.4 is 0 Å². The van der Waals surface area contributed by atoms with Gasteiger partial charge in [0.1, 0.15) is 6.61 Å². The fraction of sp³-hybridized carbons (Fsp3) is 1.00. The van der Waals surface area contributed by atoms with Crippen LogP contribution in [0.5, 0.6) is 0 Å². The highest BCUT2D eigenvalue weighted by Crippen LogP contribution is 2.47. The van der Waals surface area contributed by atoms with Crippen molar-refractivity contribution in [3.8, 4) is 0 Å². The smallest absolute Gasteiger partial charge is 0.371 e. The zero-order valence-electron chi connectivity index (χ0n) is 6.46. The maximum atomic E-state index is 11.6. The molecule has 72 valence electrons. The summed E-state index contributed by atoms with van der Waals surface area (Å²) in [7, 11) is 0. The molecule has 12 heavy (non-hydrogen) atoms. The van der Waals surface area contributed by atoms with Crippen LogP contribution in [0.15, 0.2) is 0 Å². The summed E-state index contributed by atoms with van der Waals surface area (Å²) >= 11 is 3.25. The van der Waals surface area contributed by atoms with E-state index in [-0.39, 0.29) is 12.0 Å². The van der Waals surface area contributed by atoms with Crippen LogP contribution >= 0.6 is 15.9 Å². The highest BCUT2D eigenvalue weighted by Gasteiger charge is 2.42. The first-order chi connectivity index (χ1) is 5.47. The minimum absolute atomic E-state index is 0.00521. The lowest BCUT2D eigenvalue weighted by molar-refractivity contribution is -0.176. The Balaban J connectivity index is 2.10. The number of alkyl halides is 4. The van der Waals surface area contributed by atoms with Gasteiger partial charge in [-0.3, -0.25) is 0 Å². The quantitative estimate of drug-likeness (QED) is 0.694. The van der Waals surface area contributed by atoms with Crippen molar-refractivity contribution >= 4 is 15.9 Å². The fourth-order valence-electron chi connectivity index (χ4n) is 0.877. The van der Waals surface area contributed by atoms with Gasteiger partial charge >= 0.3 is 6.18 Å². The van der Waals surface area contributed by atoms with Crippen LogP contribution in [0.3, 0.4) is 0 Å². The first kappa shape index (κ1) is 10.3. The largest absolute Gasteiger partial charge is 0.411 e. The molecule has 1 nitrogen and oxygen atoms in total. The van der Waals surface area contributed by atoms with Crippen molar-refractivity contribution in [3.63, 3.8) is 0 Å². The molecular formula is C7H10BrF3O. The van der Waals surface area contributed by atoms with E-state index >= 15 is 0 Å². The molecule has 0 amide bonds. The highest BCUT2D eigenvalue weighted by atomic mass is 79.9. The molecule has 0 spiro atoms. The zero-order chi connectivity index (χ0) is 9.24. The molecule has 0 bridgehead atoms. The summed E-state index contributed by atoms with van der Waals surface area (Å²) < 4.78 is 39.4. The Kier molecular flexibility index (Phi) is 3.04. The molecule has 0 aliphatic heterocycles. The standard InChI is InChI=1S/C7H10BrF3O/c8-3-6(1-2-6)4-12-5-7(9,10)11/h1-5H2. The van der Waals surface area contributed by atoms with Gasteiger partial charge < -0.3 is 4.74 Å². The van der Waals surface area contributed by atoms with E-state index in [2.05, 4.69) is 20.7 Å². The Morgan fingerprint density at radius 2 is 1.92 bits per heavy atom. The Labute approximate surface area is 77.4 Å². The van der Waals surface area contributed by atoms with Gasteiger partial charge in [-0.2, -0.15) is 13.2 Å². The second-order valence-electron chi connectivity index (χ2n) is 3.24. The van der Waals surface area contributed by atoms with Crippen molar-refractivity contribution in [1.82, 2.24) is 0 Å². The summed E-state index contributed by atoms with van der Waals surface area (Å²) in [5.41, 5.74) is 0.00521. The monoisotopic (exact) mass is 246 g/mol. The Morgan fingerprint density at radius 1 is 1.33 bits per heavy atom. The molecule has 0 heterocycles. The predicted octanol–water partition coefficient (Wildman–Crippen LogP) is 2.74. The van der Waals surface area contributed by atoms with Crippen LogP contribution in [0.1, 0.15) is 12.8 Å². The van der Waals surface area contributed by atoms with Gasteiger partial charge in [-0.1, -0.05) is 15.9 Å². The molecule has 1 rings (SSSR count). The molecule has 0 aromatic rings.